The number of methoxy groups -OCH3 is 2. The molecule has 1 aromatic carbocycles. The number of nitrogens with zero attached hydrogens (tertiary/aromatic N) is 2. The first-order valence-electron chi connectivity index (χ1n) is 13.6. The summed E-state index contributed by atoms with van der Waals surface area (Å²) in [5.74, 6) is -3.41. The minimum absolute atomic E-state index is 0.0119. The Labute approximate surface area is 250 Å². The number of ether oxygens (including phenoxy) is 3. The van der Waals surface area contributed by atoms with Gasteiger partial charge in [0.2, 0.25) is 11.8 Å². The molecule has 2 aliphatic rings. The van der Waals surface area contributed by atoms with Crippen molar-refractivity contribution in [3.8, 4) is 11.6 Å². The normalized spacial score (nSPS) is 23.1. The van der Waals surface area contributed by atoms with Crippen molar-refractivity contribution in [1.29, 1.82) is 0 Å². The molecule has 1 aromatic heterocycles. The summed E-state index contributed by atoms with van der Waals surface area (Å²) in [5.41, 5.74) is -1.36. The third-order valence-corrected chi connectivity index (χ3v) is 8.58. The van der Waals surface area contributed by atoms with Crippen molar-refractivity contribution >= 4 is 40.2 Å². The molecule has 7 nitrogen and oxygen atoms in total. The highest BCUT2D eigenvalue weighted by Crippen LogP contribution is 2.41. The summed E-state index contributed by atoms with van der Waals surface area (Å²) >= 11 is 1.68. The van der Waals surface area contributed by atoms with Crippen molar-refractivity contribution in [1.82, 2.24) is 4.98 Å². The lowest BCUT2D eigenvalue weighted by molar-refractivity contribution is -0.139. The van der Waals surface area contributed by atoms with Crippen LogP contribution in [0.15, 0.2) is 24.4 Å². The summed E-state index contributed by atoms with van der Waals surface area (Å²) in [6, 6.07) is 2.48. The maximum atomic E-state index is 15.6. The molecule has 0 atom stereocenters. The molecule has 2 aliphatic carbocycles. The van der Waals surface area contributed by atoms with Gasteiger partial charge in [0.15, 0.2) is 11.6 Å². The number of carbonyl (C=O) groups excluding carboxylic acids is 2. The molecular formula is C29H33F4IN2O5. The lowest BCUT2D eigenvalue weighted by Gasteiger charge is -2.40. The molecule has 2 fully saturated rings. The molecule has 0 radical (unpaired) electrons. The molecule has 2 saturated carbocycles. The second kappa shape index (κ2) is 13.2. The summed E-state index contributed by atoms with van der Waals surface area (Å²) in [7, 11) is 2.77. The average Bonchev–Trinajstić information content (AvgIpc) is 2.95. The number of rotatable bonds is 7. The van der Waals surface area contributed by atoms with Crippen molar-refractivity contribution in [2.24, 2.45) is 11.8 Å². The van der Waals surface area contributed by atoms with Crippen molar-refractivity contribution in [3.63, 3.8) is 0 Å². The summed E-state index contributed by atoms with van der Waals surface area (Å²) in [6.07, 6.45) is 2.03. The van der Waals surface area contributed by atoms with Gasteiger partial charge in [0.05, 0.1) is 24.5 Å². The van der Waals surface area contributed by atoms with Crippen LogP contribution in [0.4, 0.5) is 23.2 Å². The van der Waals surface area contributed by atoms with Gasteiger partial charge in [-0.05, 0) is 85.9 Å². The van der Waals surface area contributed by atoms with Crippen LogP contribution in [0.1, 0.15) is 74.2 Å². The first-order valence-corrected chi connectivity index (χ1v) is 14.7. The van der Waals surface area contributed by atoms with Crippen molar-refractivity contribution < 1.29 is 41.4 Å². The molecule has 12 heteroatoms. The molecular weight excluding hydrogens is 659 g/mol. The van der Waals surface area contributed by atoms with E-state index in [-0.39, 0.29) is 38.8 Å². The number of carbonyl (C=O) groups is 2. The Morgan fingerprint density at radius 1 is 1.00 bits per heavy atom. The Bertz CT molecular complexity index is 1260. The predicted octanol–water partition coefficient (Wildman–Crippen LogP) is 7.54. The van der Waals surface area contributed by atoms with Gasteiger partial charge in [-0.3, -0.25) is 4.79 Å². The van der Waals surface area contributed by atoms with E-state index in [0.29, 0.717) is 44.4 Å². The standard InChI is InChI=1S/C29H33F4IN2O5/c1-16-4-6-17(7-5-16)27(37)36(19-8-10-20(39-2)11-9-19)24-14-23(30)25(13-21(24)28(38)40-3)41-26-22(29(31,32)33)12-18(34)15-35-26/h12-17,19-20H,4-11H2,1-3H3. The summed E-state index contributed by atoms with van der Waals surface area (Å²) in [5, 5.41) is 0. The predicted molar refractivity (Wildman–Crippen MR) is 151 cm³/mol. The summed E-state index contributed by atoms with van der Waals surface area (Å²) in [4.78, 5) is 32.3. The van der Waals surface area contributed by atoms with Crippen LogP contribution in [0, 0.1) is 21.2 Å². The van der Waals surface area contributed by atoms with E-state index in [1.165, 1.54) is 4.90 Å². The monoisotopic (exact) mass is 692 g/mol. The number of hydrogen-bond acceptors (Lipinski definition) is 6. The van der Waals surface area contributed by atoms with Crippen LogP contribution in [0.2, 0.25) is 0 Å². The van der Waals surface area contributed by atoms with Gasteiger partial charge < -0.3 is 19.1 Å². The van der Waals surface area contributed by atoms with E-state index in [0.717, 1.165) is 44.3 Å². The molecule has 0 N–H and O–H groups in total. The number of benzene rings is 1. The summed E-state index contributed by atoms with van der Waals surface area (Å²) < 4.78 is 72.6. The zero-order chi connectivity index (χ0) is 29.9. The molecule has 1 heterocycles. The molecule has 41 heavy (non-hydrogen) atoms. The lowest BCUT2D eigenvalue weighted by Crippen LogP contribution is -2.47. The fourth-order valence-corrected chi connectivity index (χ4v) is 6.10. The van der Waals surface area contributed by atoms with E-state index in [9.17, 15) is 22.8 Å². The Morgan fingerprint density at radius 3 is 2.24 bits per heavy atom. The van der Waals surface area contributed by atoms with Gasteiger partial charge in [-0.2, -0.15) is 13.2 Å². The molecule has 0 saturated heterocycles. The van der Waals surface area contributed by atoms with E-state index in [4.69, 9.17) is 14.2 Å². The van der Waals surface area contributed by atoms with E-state index >= 15 is 4.39 Å². The van der Waals surface area contributed by atoms with Crippen LogP contribution < -0.4 is 9.64 Å². The number of amides is 1. The minimum atomic E-state index is -4.81. The maximum Gasteiger partial charge on any atom is 0.421 e. The number of anilines is 1. The molecule has 1 amide bonds. The van der Waals surface area contributed by atoms with Crippen LogP contribution in [-0.4, -0.2) is 43.2 Å². The molecule has 0 unspecified atom stereocenters. The van der Waals surface area contributed by atoms with E-state index in [1.807, 2.05) is 0 Å². The van der Waals surface area contributed by atoms with Crippen molar-refractivity contribution in [3.05, 3.63) is 44.9 Å². The molecule has 4 rings (SSSR count). The number of hydrogen-bond donors (Lipinski definition) is 0. The fourth-order valence-electron chi connectivity index (χ4n) is 5.65. The molecule has 0 aliphatic heterocycles. The van der Waals surface area contributed by atoms with Crippen LogP contribution in [0.3, 0.4) is 0 Å². The number of halogens is 5. The smallest absolute Gasteiger partial charge is 0.421 e. The number of alkyl halides is 3. The van der Waals surface area contributed by atoms with Gasteiger partial charge in [0, 0.05) is 41.0 Å². The van der Waals surface area contributed by atoms with Gasteiger partial charge in [-0.1, -0.05) is 6.92 Å². The fraction of sp³-hybridized carbons (Fsp3) is 0.552. The topological polar surface area (TPSA) is 78.0 Å². The van der Waals surface area contributed by atoms with Crippen LogP contribution in [0.25, 0.3) is 0 Å². The largest absolute Gasteiger partial charge is 0.465 e. The zero-order valence-electron chi connectivity index (χ0n) is 23.1. The first-order chi connectivity index (χ1) is 19.4. The van der Waals surface area contributed by atoms with Gasteiger partial charge in [0.1, 0.15) is 5.56 Å². The average molecular weight is 692 g/mol. The van der Waals surface area contributed by atoms with Crippen LogP contribution in [0.5, 0.6) is 11.6 Å². The molecule has 2 aromatic rings. The van der Waals surface area contributed by atoms with Crippen LogP contribution >= 0.6 is 22.6 Å². The highest BCUT2D eigenvalue weighted by molar-refractivity contribution is 14.1. The Kier molecular flexibility index (Phi) is 10.1. The second-order valence-corrected chi connectivity index (χ2v) is 12.0. The van der Waals surface area contributed by atoms with E-state index in [1.54, 1.807) is 29.7 Å². The molecule has 0 bridgehead atoms. The van der Waals surface area contributed by atoms with Crippen molar-refractivity contribution in [2.45, 2.75) is 76.6 Å². The van der Waals surface area contributed by atoms with Crippen LogP contribution in [-0.2, 0) is 20.4 Å². The Morgan fingerprint density at radius 2 is 1.66 bits per heavy atom. The quantitative estimate of drug-likeness (QED) is 0.170. The third kappa shape index (κ3) is 7.30. The number of esters is 1. The van der Waals surface area contributed by atoms with Gasteiger partial charge in [-0.25, -0.2) is 14.2 Å². The second-order valence-electron chi connectivity index (χ2n) is 10.7. The summed E-state index contributed by atoms with van der Waals surface area (Å²) in [6.45, 7) is 2.14. The number of aromatic nitrogens is 1. The van der Waals surface area contributed by atoms with Gasteiger partial charge in [-0.15, -0.1) is 0 Å². The molecule has 0 spiro atoms. The first kappa shape index (κ1) is 31.5. The SMILES string of the molecule is COC(=O)c1cc(Oc2ncc(I)cc2C(F)(F)F)c(F)cc1N(C(=O)C1CCC(C)CC1)C1CCC(OC)CC1. The van der Waals surface area contributed by atoms with Crippen molar-refractivity contribution in [2.75, 3.05) is 19.1 Å². The highest BCUT2D eigenvalue weighted by atomic mass is 127. The molecule has 224 valence electrons. The highest BCUT2D eigenvalue weighted by Gasteiger charge is 2.39. The Hall–Kier alpha value is -2.48. The lowest BCUT2D eigenvalue weighted by atomic mass is 9.81. The maximum absolute atomic E-state index is 15.6. The minimum Gasteiger partial charge on any atom is -0.465 e. The van der Waals surface area contributed by atoms with Gasteiger partial charge >= 0.3 is 12.1 Å². The van der Waals surface area contributed by atoms with E-state index < -0.39 is 35.2 Å². The van der Waals surface area contributed by atoms with Gasteiger partial charge in [0.25, 0.3) is 0 Å². The van der Waals surface area contributed by atoms with E-state index in [2.05, 4.69) is 11.9 Å². The zero-order valence-corrected chi connectivity index (χ0v) is 25.3. The Balaban J connectivity index is 1.78. The third-order valence-electron chi connectivity index (χ3n) is 7.99. The number of pyridine rings is 1.